The van der Waals surface area contributed by atoms with Crippen LogP contribution in [0.25, 0.3) is 142 Å². The molecule has 0 amide bonds. The number of fused-ring (bicyclic) bond motifs is 8. The topological polar surface area (TPSA) is 0 Å². The van der Waals surface area contributed by atoms with E-state index < -0.39 is 0 Å². The van der Waals surface area contributed by atoms with Crippen molar-refractivity contribution in [1.29, 1.82) is 0 Å². The smallest absolute Gasteiger partial charge is 0.000719 e. The van der Waals surface area contributed by atoms with Crippen molar-refractivity contribution >= 4 is 75.4 Å². The lowest BCUT2D eigenvalue weighted by molar-refractivity contribution is 1.58. The van der Waals surface area contributed by atoms with E-state index in [0.29, 0.717) is 0 Å². The first-order valence-corrected chi connectivity index (χ1v) is 23.0. The summed E-state index contributed by atoms with van der Waals surface area (Å²) in [6.07, 6.45) is 0. The minimum atomic E-state index is 1.20. The highest BCUT2D eigenvalue weighted by molar-refractivity contribution is 6.45. The molecular formula is C66H40. The maximum absolute atomic E-state index is 2.56. The van der Waals surface area contributed by atoms with Crippen LogP contribution in [0.1, 0.15) is 0 Å². The van der Waals surface area contributed by atoms with Gasteiger partial charge in [0.25, 0.3) is 0 Å². The summed E-state index contributed by atoms with van der Waals surface area (Å²) in [6.45, 7) is 0. The van der Waals surface area contributed by atoms with Crippen molar-refractivity contribution in [2.24, 2.45) is 0 Å². The Morgan fingerprint density at radius 2 is 0.500 bits per heavy atom. The molecule has 0 unspecified atom stereocenters. The molecule has 0 atom stereocenters. The molecule has 0 spiro atoms. The van der Waals surface area contributed by atoms with Crippen molar-refractivity contribution in [3.8, 4) is 66.8 Å². The highest BCUT2D eigenvalue weighted by Gasteiger charge is 2.27. The first kappa shape index (κ1) is 36.9. The van der Waals surface area contributed by atoms with Gasteiger partial charge < -0.3 is 0 Å². The van der Waals surface area contributed by atoms with Crippen LogP contribution >= 0.6 is 0 Å². The van der Waals surface area contributed by atoms with Crippen molar-refractivity contribution in [2.45, 2.75) is 0 Å². The Morgan fingerprint density at radius 1 is 0.152 bits per heavy atom. The summed E-state index contributed by atoms with van der Waals surface area (Å²) in [5, 5.41) is 18.1. The number of rotatable bonds is 6. The van der Waals surface area contributed by atoms with Crippen molar-refractivity contribution in [2.75, 3.05) is 0 Å². The van der Waals surface area contributed by atoms with Crippen LogP contribution in [-0.4, -0.2) is 0 Å². The fourth-order valence-corrected chi connectivity index (χ4v) is 11.5. The summed E-state index contributed by atoms with van der Waals surface area (Å²) in [4.78, 5) is 0. The molecule has 0 heteroatoms. The Labute approximate surface area is 383 Å². The quantitative estimate of drug-likeness (QED) is 0.146. The molecular weight excluding hydrogens is 793 g/mol. The predicted molar refractivity (Wildman–Crippen MR) is 284 cm³/mol. The largest absolute Gasteiger partial charge is 0.0622 e. The van der Waals surface area contributed by atoms with E-state index in [-0.39, 0.29) is 0 Å². The van der Waals surface area contributed by atoms with Crippen LogP contribution in [0, 0.1) is 0 Å². The molecule has 0 radical (unpaired) electrons. The molecule has 0 aliphatic carbocycles. The lowest BCUT2D eigenvalue weighted by Crippen LogP contribution is -1.94. The average Bonchev–Trinajstić information content (AvgIpc) is 3.90. The van der Waals surface area contributed by atoms with E-state index >= 15 is 0 Å². The van der Waals surface area contributed by atoms with Gasteiger partial charge in [-0.2, -0.15) is 0 Å². The molecule has 14 aromatic carbocycles. The van der Waals surface area contributed by atoms with Crippen LogP contribution in [-0.2, 0) is 0 Å². The van der Waals surface area contributed by atoms with Gasteiger partial charge in [0.15, 0.2) is 0 Å². The van der Waals surface area contributed by atoms with Gasteiger partial charge in [-0.25, -0.2) is 0 Å². The van der Waals surface area contributed by atoms with Gasteiger partial charge in [0.2, 0.25) is 0 Å². The average molecular weight is 833 g/mol. The highest BCUT2D eigenvalue weighted by atomic mass is 14.3. The third-order valence-electron chi connectivity index (χ3n) is 14.3. The van der Waals surface area contributed by atoms with Crippen molar-refractivity contribution < 1.29 is 0 Å². The minimum Gasteiger partial charge on any atom is -0.0622 e. The van der Waals surface area contributed by atoms with E-state index in [4.69, 9.17) is 0 Å². The lowest BCUT2D eigenvalue weighted by atomic mass is 9.81. The fourth-order valence-electron chi connectivity index (χ4n) is 11.5. The fraction of sp³-hybridized carbons (Fsp3) is 0. The van der Waals surface area contributed by atoms with Gasteiger partial charge >= 0.3 is 0 Å². The molecule has 0 saturated carbocycles. The Morgan fingerprint density at radius 3 is 0.985 bits per heavy atom. The van der Waals surface area contributed by atoms with Gasteiger partial charge in [0.05, 0.1) is 0 Å². The van der Waals surface area contributed by atoms with Gasteiger partial charge in [-0.05, 0) is 185 Å². The molecule has 0 aliphatic heterocycles. The van der Waals surface area contributed by atoms with E-state index in [1.165, 1.54) is 142 Å². The first-order chi connectivity index (χ1) is 32.7. The van der Waals surface area contributed by atoms with Crippen molar-refractivity contribution in [1.82, 2.24) is 0 Å². The summed E-state index contributed by atoms with van der Waals surface area (Å²) < 4.78 is 0. The van der Waals surface area contributed by atoms with E-state index in [0.717, 1.165) is 0 Å². The predicted octanol–water partition coefficient (Wildman–Crippen LogP) is 18.6. The third-order valence-corrected chi connectivity index (χ3v) is 14.3. The van der Waals surface area contributed by atoms with Crippen LogP contribution in [0.5, 0.6) is 0 Å². The maximum atomic E-state index is 2.56. The normalized spacial score (nSPS) is 11.9. The van der Waals surface area contributed by atoms with Crippen LogP contribution in [0.4, 0.5) is 0 Å². The van der Waals surface area contributed by atoms with E-state index in [9.17, 15) is 0 Å². The molecule has 0 N–H and O–H groups in total. The Balaban J connectivity index is 1.25. The Kier molecular flexibility index (Phi) is 8.08. The molecule has 14 rings (SSSR count). The zero-order chi connectivity index (χ0) is 43.3. The van der Waals surface area contributed by atoms with Gasteiger partial charge in [0, 0.05) is 0 Å². The second kappa shape index (κ2) is 14.5. The second-order valence-corrected chi connectivity index (χ2v) is 17.9. The highest BCUT2D eigenvalue weighted by Crippen LogP contribution is 2.55. The van der Waals surface area contributed by atoms with Crippen LogP contribution in [0.3, 0.4) is 0 Å². The molecule has 0 fully saturated rings. The van der Waals surface area contributed by atoms with Gasteiger partial charge in [-0.15, -0.1) is 0 Å². The summed E-state index contributed by atoms with van der Waals surface area (Å²) in [5.74, 6) is 0. The molecule has 0 heterocycles. The van der Waals surface area contributed by atoms with E-state index in [1.54, 1.807) is 0 Å². The van der Waals surface area contributed by atoms with Crippen LogP contribution < -0.4 is 0 Å². The van der Waals surface area contributed by atoms with E-state index in [1.807, 2.05) is 0 Å². The minimum absolute atomic E-state index is 1.20. The molecule has 0 bridgehead atoms. The third kappa shape index (κ3) is 5.52. The zero-order valence-electron chi connectivity index (χ0n) is 36.1. The van der Waals surface area contributed by atoms with Crippen molar-refractivity contribution in [3.05, 3.63) is 243 Å². The lowest BCUT2D eigenvalue weighted by Gasteiger charge is -2.21. The zero-order valence-corrected chi connectivity index (χ0v) is 36.1. The Hall–Kier alpha value is -8.58. The van der Waals surface area contributed by atoms with E-state index in [2.05, 4.69) is 243 Å². The maximum Gasteiger partial charge on any atom is -0.000719 e. The Bertz CT molecular complexity index is 4050. The van der Waals surface area contributed by atoms with Gasteiger partial charge in [-0.3, -0.25) is 0 Å². The monoisotopic (exact) mass is 832 g/mol. The molecule has 14 aromatic rings. The first-order valence-electron chi connectivity index (χ1n) is 23.0. The van der Waals surface area contributed by atoms with Gasteiger partial charge in [0.1, 0.15) is 0 Å². The summed E-state index contributed by atoms with van der Waals surface area (Å²) in [7, 11) is 0. The molecule has 0 saturated heterocycles. The number of benzene rings is 12. The molecule has 0 aromatic heterocycles. The molecule has 66 heavy (non-hydrogen) atoms. The summed E-state index contributed by atoms with van der Waals surface area (Å²) in [6, 6.07) is 90.6. The summed E-state index contributed by atoms with van der Waals surface area (Å²) in [5.41, 5.74) is 14.6. The van der Waals surface area contributed by atoms with Crippen LogP contribution in [0.2, 0.25) is 0 Å². The molecule has 0 nitrogen and oxygen atoms in total. The van der Waals surface area contributed by atoms with Crippen LogP contribution in [0.15, 0.2) is 243 Å². The number of hydrogen-bond acceptors (Lipinski definition) is 0. The van der Waals surface area contributed by atoms with Gasteiger partial charge in [-0.1, -0.05) is 200 Å². The second-order valence-electron chi connectivity index (χ2n) is 17.9. The molecule has 304 valence electrons. The SMILES string of the molecule is c1ccc(-c2cc(-c3ccccc3)cc(-c3c4cc5c6ccccc6c6cccc(c4c(-c4cc(-c7ccccc7)cc(-c7ccccc7)c4)c4c7cccc8cccc(c34)c87)c65)c2)cc1. The standard InChI is InChI=1S/C66H40/c1-5-18-41(19-6-1)46-34-47(42-20-7-2-8-21-42)37-50(36-46)61-59-40-58-53-29-14-13-28-52(53)54-30-17-33-57(63(54)58)64(59)62(66-56-32-16-27-45-26-15-31-55(60(45)56)65(61)66)51-38-48(43-22-9-3-10-23-43)35-49(39-51)44-24-11-4-12-25-44/h1-40H. The number of hydrogen-bond donors (Lipinski definition) is 0. The summed E-state index contributed by atoms with van der Waals surface area (Å²) >= 11 is 0. The van der Waals surface area contributed by atoms with Crippen molar-refractivity contribution in [3.63, 3.8) is 0 Å². The molecule has 0 aliphatic rings.